The normalized spacial score (nSPS) is 17.2. The van der Waals surface area contributed by atoms with Crippen LogP contribution in [0.15, 0.2) is 66.2 Å². The highest BCUT2D eigenvalue weighted by Gasteiger charge is 2.36. The fraction of sp³-hybridized carbons (Fsp3) is 0.333. The van der Waals surface area contributed by atoms with E-state index in [2.05, 4.69) is 11.9 Å². The number of amides is 3. The van der Waals surface area contributed by atoms with E-state index in [1.807, 2.05) is 44.2 Å². The lowest BCUT2D eigenvalue weighted by Crippen LogP contribution is -2.50. The number of rotatable bonds is 9. The molecule has 3 rings (SSSR count). The van der Waals surface area contributed by atoms with Crippen molar-refractivity contribution >= 4 is 40.7 Å². The van der Waals surface area contributed by atoms with Crippen LogP contribution < -0.4 is 16.0 Å². The van der Waals surface area contributed by atoms with E-state index < -0.39 is 35.7 Å². The van der Waals surface area contributed by atoms with E-state index in [-0.39, 0.29) is 12.3 Å². The molecule has 3 N–H and O–H groups in total. The molecule has 35 heavy (non-hydrogen) atoms. The first-order valence-corrected chi connectivity index (χ1v) is 11.9. The first-order chi connectivity index (χ1) is 16.6. The fourth-order valence-corrected chi connectivity index (χ4v) is 4.50. The molecule has 0 radical (unpaired) electrons. The summed E-state index contributed by atoms with van der Waals surface area (Å²) >= 11 is 6.29. The zero-order chi connectivity index (χ0) is 25.7. The minimum atomic E-state index is -1.19. The Labute approximate surface area is 211 Å². The number of fused-ring (bicyclic) bond motifs is 1. The molecule has 184 valence electrons. The van der Waals surface area contributed by atoms with Gasteiger partial charge in [0.2, 0.25) is 18.0 Å². The fourth-order valence-electron chi connectivity index (χ4n) is 4.33. The van der Waals surface area contributed by atoms with Crippen molar-refractivity contribution in [2.45, 2.75) is 32.9 Å². The van der Waals surface area contributed by atoms with Crippen molar-refractivity contribution < 1.29 is 14.4 Å². The average molecular weight is 495 g/mol. The van der Waals surface area contributed by atoms with Gasteiger partial charge in [0.05, 0.1) is 23.2 Å². The van der Waals surface area contributed by atoms with Crippen molar-refractivity contribution in [1.82, 2.24) is 5.32 Å². The molecule has 2 unspecified atom stereocenters. The molecule has 8 heteroatoms. The Balaban J connectivity index is 2.06. The van der Waals surface area contributed by atoms with Gasteiger partial charge in [-0.3, -0.25) is 14.4 Å². The van der Waals surface area contributed by atoms with Gasteiger partial charge in [0.1, 0.15) is 0 Å². The maximum absolute atomic E-state index is 13.5. The number of hydrogen-bond acceptors (Lipinski definition) is 4. The van der Waals surface area contributed by atoms with Gasteiger partial charge in [-0.1, -0.05) is 61.9 Å². The van der Waals surface area contributed by atoms with Crippen molar-refractivity contribution in [3.63, 3.8) is 0 Å². The summed E-state index contributed by atoms with van der Waals surface area (Å²) in [6.45, 7) is 7.62. The number of carbonyl (C=O) groups excluding carboxylic acids is 3. The molecular weight excluding hydrogens is 464 g/mol. The highest BCUT2D eigenvalue weighted by molar-refractivity contribution is 6.32. The Morgan fingerprint density at radius 1 is 1.20 bits per heavy atom. The summed E-state index contributed by atoms with van der Waals surface area (Å²) in [5, 5.41) is 3.30. The lowest BCUT2D eigenvalue weighted by Gasteiger charge is -2.27. The monoisotopic (exact) mass is 494 g/mol. The van der Waals surface area contributed by atoms with Gasteiger partial charge in [0.15, 0.2) is 0 Å². The van der Waals surface area contributed by atoms with Crippen molar-refractivity contribution in [1.29, 1.82) is 0 Å². The number of primary amides is 1. The Morgan fingerprint density at radius 3 is 2.49 bits per heavy atom. The third kappa shape index (κ3) is 5.98. The SMILES string of the molecule is C=CCC(C(N)=O)C(CC(C)C)C(=O)N[C@H]1N=C(c2ccccc2)c2cc(Cl)ccc2N(C)C1=O. The molecule has 3 atom stereocenters. The minimum absolute atomic E-state index is 0.125. The van der Waals surface area contributed by atoms with Gasteiger partial charge in [-0.15, -0.1) is 6.58 Å². The van der Waals surface area contributed by atoms with Crippen molar-refractivity contribution in [3.05, 3.63) is 77.3 Å². The summed E-state index contributed by atoms with van der Waals surface area (Å²) in [6.07, 6.45) is 1.07. The first-order valence-electron chi connectivity index (χ1n) is 11.5. The number of allylic oxidation sites excluding steroid dienone is 1. The summed E-state index contributed by atoms with van der Waals surface area (Å²) in [7, 11) is 1.63. The number of halogens is 1. The number of nitrogens with two attached hydrogens (primary N) is 1. The highest BCUT2D eigenvalue weighted by atomic mass is 35.5. The molecule has 0 spiro atoms. The minimum Gasteiger partial charge on any atom is -0.369 e. The number of benzene rings is 2. The molecule has 3 amide bonds. The van der Waals surface area contributed by atoms with Gasteiger partial charge < -0.3 is 16.0 Å². The van der Waals surface area contributed by atoms with Crippen molar-refractivity contribution in [2.24, 2.45) is 28.5 Å². The number of aliphatic imine (C=N–C) groups is 1. The number of hydrogen-bond donors (Lipinski definition) is 2. The Kier molecular flexibility index (Phi) is 8.46. The van der Waals surface area contributed by atoms with Gasteiger partial charge in [0.25, 0.3) is 5.91 Å². The van der Waals surface area contributed by atoms with E-state index in [1.54, 1.807) is 31.3 Å². The van der Waals surface area contributed by atoms with E-state index in [9.17, 15) is 14.4 Å². The molecule has 0 aromatic heterocycles. The van der Waals surface area contributed by atoms with Crippen LogP contribution in [0.5, 0.6) is 0 Å². The van der Waals surface area contributed by atoms with Crippen LogP contribution in [0.3, 0.4) is 0 Å². The van der Waals surface area contributed by atoms with Crippen LogP contribution in [-0.2, 0) is 14.4 Å². The van der Waals surface area contributed by atoms with Crippen LogP contribution >= 0.6 is 11.6 Å². The molecule has 0 saturated carbocycles. The summed E-state index contributed by atoms with van der Waals surface area (Å²) in [4.78, 5) is 45.3. The Morgan fingerprint density at radius 2 is 1.89 bits per heavy atom. The summed E-state index contributed by atoms with van der Waals surface area (Å²) in [5.41, 5.74) is 8.24. The third-order valence-electron chi connectivity index (χ3n) is 6.06. The van der Waals surface area contributed by atoms with Gasteiger partial charge >= 0.3 is 0 Å². The van der Waals surface area contributed by atoms with Crippen molar-refractivity contribution in [3.8, 4) is 0 Å². The second kappa shape index (κ2) is 11.3. The smallest absolute Gasteiger partial charge is 0.272 e. The highest BCUT2D eigenvalue weighted by Crippen LogP contribution is 2.30. The molecule has 1 aliphatic rings. The molecule has 7 nitrogen and oxygen atoms in total. The zero-order valence-electron chi connectivity index (χ0n) is 20.2. The Hall–Kier alpha value is -3.45. The molecule has 1 heterocycles. The van der Waals surface area contributed by atoms with Gasteiger partial charge in [-0.25, -0.2) is 4.99 Å². The van der Waals surface area contributed by atoms with E-state index in [4.69, 9.17) is 22.3 Å². The van der Waals surface area contributed by atoms with Gasteiger partial charge in [0, 0.05) is 23.2 Å². The van der Waals surface area contributed by atoms with Crippen LogP contribution in [-0.4, -0.2) is 36.6 Å². The number of anilines is 1. The number of likely N-dealkylation sites (N-methyl/N-ethyl adjacent to an activating group) is 1. The van der Waals surface area contributed by atoms with Crippen LogP contribution in [0.1, 0.15) is 37.8 Å². The number of benzodiazepines with no additional fused rings is 1. The van der Waals surface area contributed by atoms with E-state index in [0.29, 0.717) is 28.4 Å². The second-order valence-electron chi connectivity index (χ2n) is 9.08. The average Bonchev–Trinajstić information content (AvgIpc) is 2.91. The molecule has 0 aliphatic carbocycles. The largest absolute Gasteiger partial charge is 0.369 e. The molecule has 0 fully saturated rings. The molecule has 0 bridgehead atoms. The maximum atomic E-state index is 13.5. The number of nitrogens with zero attached hydrogens (tertiary/aromatic N) is 2. The molecule has 1 aliphatic heterocycles. The maximum Gasteiger partial charge on any atom is 0.272 e. The third-order valence-corrected chi connectivity index (χ3v) is 6.29. The van der Waals surface area contributed by atoms with E-state index in [0.717, 1.165) is 5.56 Å². The first kappa shape index (κ1) is 26.2. The summed E-state index contributed by atoms with van der Waals surface area (Å²) < 4.78 is 0. The lowest BCUT2D eigenvalue weighted by atomic mass is 9.82. The molecule has 2 aromatic rings. The topological polar surface area (TPSA) is 105 Å². The molecule has 0 saturated heterocycles. The lowest BCUT2D eigenvalue weighted by molar-refractivity contribution is -0.135. The van der Waals surface area contributed by atoms with Crippen LogP contribution in [0.25, 0.3) is 0 Å². The van der Waals surface area contributed by atoms with Crippen molar-refractivity contribution in [2.75, 3.05) is 11.9 Å². The predicted octanol–water partition coefficient (Wildman–Crippen LogP) is 3.94. The van der Waals surface area contributed by atoms with E-state index in [1.165, 1.54) is 4.90 Å². The van der Waals surface area contributed by atoms with Crippen LogP contribution in [0, 0.1) is 17.8 Å². The zero-order valence-corrected chi connectivity index (χ0v) is 21.0. The standard InChI is InChI=1S/C27H31ClN4O3/c1-5-9-19(24(29)33)20(14-16(2)3)26(34)31-25-27(35)32(4)22-13-12-18(28)15-21(22)23(30-25)17-10-7-6-8-11-17/h5-8,10-13,15-16,19-20,25H,1,9,14H2,2-4H3,(H2,29,33)(H,31,34)/t19?,20?,25-/m1/s1. The second-order valence-corrected chi connectivity index (χ2v) is 9.52. The molecular formula is C27H31ClN4O3. The summed E-state index contributed by atoms with van der Waals surface area (Å²) in [6, 6.07) is 14.6. The quantitative estimate of drug-likeness (QED) is 0.516. The van der Waals surface area contributed by atoms with Gasteiger partial charge in [-0.05, 0) is 37.0 Å². The number of carbonyl (C=O) groups is 3. The van der Waals surface area contributed by atoms with E-state index >= 15 is 0 Å². The summed E-state index contributed by atoms with van der Waals surface area (Å²) in [5.74, 6) is -2.77. The van der Waals surface area contributed by atoms with Gasteiger partial charge in [-0.2, -0.15) is 0 Å². The number of nitrogens with one attached hydrogen (secondary N) is 1. The molecule has 2 aromatic carbocycles. The Bertz CT molecular complexity index is 1150. The van der Waals surface area contributed by atoms with Crippen LogP contribution in [0.2, 0.25) is 5.02 Å². The predicted molar refractivity (Wildman–Crippen MR) is 139 cm³/mol. The van der Waals surface area contributed by atoms with Crippen LogP contribution in [0.4, 0.5) is 5.69 Å².